The minimum absolute atomic E-state index is 0.109. The SMILES string of the molecule is O=C(Nc1nc([C@H]2CCCN2c2ccccc2)cs1)c1cccn1CC1COC1. The molecule has 0 aliphatic carbocycles. The van der Waals surface area contributed by atoms with E-state index in [2.05, 4.69) is 39.9 Å². The third-order valence-corrected chi connectivity index (χ3v) is 6.42. The molecule has 0 radical (unpaired) electrons. The summed E-state index contributed by atoms with van der Waals surface area (Å²) in [5, 5.41) is 5.72. The van der Waals surface area contributed by atoms with Gasteiger partial charge in [0.05, 0.1) is 24.9 Å². The van der Waals surface area contributed by atoms with Gasteiger partial charge >= 0.3 is 0 Å². The first-order chi connectivity index (χ1) is 14.3. The zero-order chi connectivity index (χ0) is 19.6. The molecule has 2 aromatic heterocycles. The van der Waals surface area contributed by atoms with Gasteiger partial charge < -0.3 is 14.2 Å². The maximum absolute atomic E-state index is 12.8. The largest absolute Gasteiger partial charge is 0.381 e. The Kier molecular flexibility index (Phi) is 5.08. The number of para-hydroxylation sites is 1. The molecule has 150 valence electrons. The van der Waals surface area contributed by atoms with E-state index in [0.29, 0.717) is 16.7 Å². The number of ether oxygens (including phenoxy) is 1. The number of carbonyl (C=O) groups excluding carboxylic acids is 1. The van der Waals surface area contributed by atoms with E-state index in [1.54, 1.807) is 0 Å². The van der Waals surface area contributed by atoms with E-state index >= 15 is 0 Å². The molecule has 29 heavy (non-hydrogen) atoms. The quantitative estimate of drug-likeness (QED) is 0.665. The lowest BCUT2D eigenvalue weighted by Gasteiger charge is -2.26. The Bertz CT molecular complexity index is 980. The van der Waals surface area contributed by atoms with Crippen molar-refractivity contribution in [1.29, 1.82) is 0 Å². The van der Waals surface area contributed by atoms with Gasteiger partial charge in [-0.15, -0.1) is 11.3 Å². The number of nitrogens with one attached hydrogen (secondary N) is 1. The molecule has 4 heterocycles. The van der Waals surface area contributed by atoms with Gasteiger partial charge in [-0.3, -0.25) is 10.1 Å². The second-order valence-corrected chi connectivity index (χ2v) is 8.53. The number of anilines is 2. The maximum atomic E-state index is 12.8. The predicted molar refractivity (Wildman–Crippen MR) is 115 cm³/mol. The van der Waals surface area contributed by atoms with Gasteiger partial charge in [0.15, 0.2) is 5.13 Å². The summed E-state index contributed by atoms with van der Waals surface area (Å²) >= 11 is 1.50. The maximum Gasteiger partial charge on any atom is 0.274 e. The smallest absolute Gasteiger partial charge is 0.274 e. The van der Waals surface area contributed by atoms with Crippen molar-refractivity contribution in [2.45, 2.75) is 25.4 Å². The van der Waals surface area contributed by atoms with Crippen LogP contribution in [0.15, 0.2) is 54.0 Å². The molecule has 1 atom stereocenters. The van der Waals surface area contributed by atoms with Gasteiger partial charge in [0.1, 0.15) is 5.69 Å². The fourth-order valence-corrected chi connectivity index (χ4v) is 4.86. The zero-order valence-corrected chi connectivity index (χ0v) is 17.0. The summed E-state index contributed by atoms with van der Waals surface area (Å²) in [5.74, 6) is 0.384. The summed E-state index contributed by atoms with van der Waals surface area (Å²) in [5.41, 5.74) is 2.93. The van der Waals surface area contributed by atoms with Crippen molar-refractivity contribution in [1.82, 2.24) is 9.55 Å². The molecule has 0 saturated carbocycles. The van der Waals surface area contributed by atoms with Crippen LogP contribution in [-0.2, 0) is 11.3 Å². The summed E-state index contributed by atoms with van der Waals surface area (Å²) < 4.78 is 7.25. The molecule has 2 aliphatic heterocycles. The third-order valence-electron chi connectivity index (χ3n) is 5.65. The molecule has 0 bridgehead atoms. The van der Waals surface area contributed by atoms with Crippen LogP contribution >= 0.6 is 11.3 Å². The van der Waals surface area contributed by atoms with E-state index in [4.69, 9.17) is 9.72 Å². The Morgan fingerprint density at radius 3 is 2.86 bits per heavy atom. The topological polar surface area (TPSA) is 59.4 Å². The van der Waals surface area contributed by atoms with Crippen LogP contribution in [0.1, 0.15) is 35.1 Å². The number of amides is 1. The normalized spacial score (nSPS) is 19.3. The molecule has 7 heteroatoms. The predicted octanol–water partition coefficient (Wildman–Crippen LogP) is 4.18. The van der Waals surface area contributed by atoms with E-state index in [1.165, 1.54) is 17.0 Å². The summed E-state index contributed by atoms with van der Waals surface area (Å²) in [6, 6.07) is 14.5. The van der Waals surface area contributed by atoms with Crippen LogP contribution in [0, 0.1) is 5.92 Å². The first-order valence-corrected chi connectivity index (χ1v) is 11.0. The number of benzene rings is 1. The molecule has 6 nitrogen and oxygen atoms in total. The van der Waals surface area contributed by atoms with Crippen LogP contribution in [0.4, 0.5) is 10.8 Å². The molecular formula is C22H24N4O2S. The summed E-state index contributed by atoms with van der Waals surface area (Å²) in [7, 11) is 0. The Morgan fingerprint density at radius 1 is 1.21 bits per heavy atom. The lowest BCUT2D eigenvalue weighted by Crippen LogP contribution is -2.32. The Balaban J connectivity index is 1.28. The minimum Gasteiger partial charge on any atom is -0.381 e. The highest BCUT2D eigenvalue weighted by molar-refractivity contribution is 7.14. The second-order valence-electron chi connectivity index (χ2n) is 7.67. The van der Waals surface area contributed by atoms with E-state index in [1.807, 2.05) is 29.0 Å². The molecular weight excluding hydrogens is 384 g/mol. The molecule has 1 amide bonds. The highest BCUT2D eigenvalue weighted by atomic mass is 32.1. The van der Waals surface area contributed by atoms with Crippen LogP contribution < -0.4 is 10.2 Å². The van der Waals surface area contributed by atoms with E-state index in [0.717, 1.165) is 44.8 Å². The lowest BCUT2D eigenvalue weighted by atomic mass is 10.1. The number of hydrogen-bond acceptors (Lipinski definition) is 5. The van der Waals surface area contributed by atoms with Crippen LogP contribution in [0.25, 0.3) is 0 Å². The molecule has 0 spiro atoms. The van der Waals surface area contributed by atoms with E-state index < -0.39 is 0 Å². The van der Waals surface area contributed by atoms with Gasteiger partial charge in [-0.2, -0.15) is 0 Å². The molecule has 1 N–H and O–H groups in total. The number of hydrogen-bond donors (Lipinski definition) is 1. The molecule has 2 saturated heterocycles. The number of carbonyl (C=O) groups is 1. The Labute approximate surface area is 174 Å². The summed E-state index contributed by atoms with van der Waals surface area (Å²) in [6.07, 6.45) is 4.19. The summed E-state index contributed by atoms with van der Waals surface area (Å²) in [6.45, 7) is 3.39. The van der Waals surface area contributed by atoms with E-state index in [-0.39, 0.29) is 11.9 Å². The molecule has 2 aliphatic rings. The van der Waals surface area contributed by atoms with Crippen molar-refractivity contribution in [3.05, 3.63) is 65.4 Å². The van der Waals surface area contributed by atoms with Crippen LogP contribution in [-0.4, -0.2) is 35.2 Å². The van der Waals surface area contributed by atoms with Gasteiger partial charge in [0.25, 0.3) is 5.91 Å². The number of thiazole rings is 1. The van der Waals surface area contributed by atoms with E-state index in [9.17, 15) is 4.79 Å². The fraction of sp³-hybridized carbons (Fsp3) is 0.364. The Morgan fingerprint density at radius 2 is 2.07 bits per heavy atom. The van der Waals surface area contributed by atoms with Gasteiger partial charge in [0, 0.05) is 36.3 Å². The van der Waals surface area contributed by atoms with Gasteiger partial charge in [0.2, 0.25) is 0 Å². The first-order valence-electron chi connectivity index (χ1n) is 10.1. The van der Waals surface area contributed by atoms with Gasteiger partial charge in [-0.1, -0.05) is 18.2 Å². The molecule has 5 rings (SSSR count). The standard InChI is InChI=1S/C22H24N4O2S/c27-21(20-9-4-10-25(20)12-16-13-28-14-16)24-22-23-18(15-29-22)19-8-5-11-26(19)17-6-2-1-3-7-17/h1-4,6-7,9-10,15-16,19H,5,8,11-14H2,(H,23,24,27)/t19-/m1/s1. The molecule has 1 aromatic carbocycles. The molecule has 0 unspecified atom stereocenters. The van der Waals surface area contributed by atoms with Gasteiger partial charge in [-0.25, -0.2) is 4.98 Å². The first kappa shape index (κ1) is 18.4. The van der Waals surface area contributed by atoms with Crippen molar-refractivity contribution in [3.8, 4) is 0 Å². The lowest BCUT2D eigenvalue weighted by molar-refractivity contribution is -0.0395. The fourth-order valence-electron chi connectivity index (χ4n) is 4.11. The Hall–Kier alpha value is -2.64. The number of rotatable bonds is 6. The summed E-state index contributed by atoms with van der Waals surface area (Å²) in [4.78, 5) is 20.0. The van der Waals surface area contributed by atoms with Crippen LogP contribution in [0.3, 0.4) is 0 Å². The molecule has 2 fully saturated rings. The third kappa shape index (κ3) is 3.80. The number of aromatic nitrogens is 2. The van der Waals surface area contributed by atoms with Crippen LogP contribution in [0.5, 0.6) is 0 Å². The average Bonchev–Trinajstić information content (AvgIpc) is 3.45. The van der Waals surface area contributed by atoms with Crippen molar-refractivity contribution in [2.75, 3.05) is 30.0 Å². The van der Waals surface area contributed by atoms with Crippen LogP contribution in [0.2, 0.25) is 0 Å². The van der Waals surface area contributed by atoms with Gasteiger partial charge in [-0.05, 0) is 37.1 Å². The second kappa shape index (κ2) is 8.00. The van der Waals surface area contributed by atoms with Crippen molar-refractivity contribution >= 4 is 28.1 Å². The van der Waals surface area contributed by atoms with Crippen molar-refractivity contribution in [2.24, 2.45) is 5.92 Å². The highest BCUT2D eigenvalue weighted by Crippen LogP contribution is 2.37. The number of nitrogens with zero attached hydrogens (tertiary/aromatic N) is 3. The minimum atomic E-state index is -0.109. The van der Waals surface area contributed by atoms with Crippen molar-refractivity contribution in [3.63, 3.8) is 0 Å². The monoisotopic (exact) mass is 408 g/mol. The zero-order valence-electron chi connectivity index (χ0n) is 16.2. The average molecular weight is 409 g/mol. The van der Waals surface area contributed by atoms with Crippen molar-refractivity contribution < 1.29 is 9.53 Å². The highest BCUT2D eigenvalue weighted by Gasteiger charge is 2.28. The molecule has 3 aromatic rings.